The Labute approximate surface area is 199 Å². The largest absolute Gasteiger partial charge is 0.485 e. The van der Waals surface area contributed by atoms with Gasteiger partial charge in [0.1, 0.15) is 17.6 Å². The van der Waals surface area contributed by atoms with Crippen LogP contribution in [0.4, 0.5) is 5.69 Å². The van der Waals surface area contributed by atoms with Crippen molar-refractivity contribution in [2.75, 3.05) is 11.9 Å². The number of hydrogen-bond donors (Lipinski definition) is 1. The molecule has 3 aliphatic carbocycles. The molecule has 1 N–H and O–H groups in total. The average molecular weight is 446 g/mol. The van der Waals surface area contributed by atoms with Crippen molar-refractivity contribution in [2.45, 2.75) is 77.2 Å². The maximum absolute atomic E-state index is 11.4. The summed E-state index contributed by atoms with van der Waals surface area (Å²) in [7, 11) is 0. The first-order chi connectivity index (χ1) is 16.2. The third-order valence-electron chi connectivity index (χ3n) is 8.44. The van der Waals surface area contributed by atoms with Crippen LogP contribution in [0, 0.1) is 23.7 Å². The van der Waals surface area contributed by atoms with Crippen LogP contribution in [0.2, 0.25) is 0 Å². The third-order valence-corrected chi connectivity index (χ3v) is 8.44. The summed E-state index contributed by atoms with van der Waals surface area (Å²) in [5, 5.41) is 3.20. The Hall–Kier alpha value is -2.29. The minimum absolute atomic E-state index is 0.123. The minimum atomic E-state index is 0.123. The van der Waals surface area contributed by atoms with Crippen LogP contribution in [0.25, 0.3) is 0 Å². The first-order valence-electron chi connectivity index (χ1n) is 13.2. The standard InChI is InChI=1S/C30H39NO2/c1-21(32)20-31-27-11-7-12-28(19-27)33-30-26(18-25-10-5-6-13-29(25)30)17-22-14-15-24(16-22)23-8-3-2-4-9-23/h5-7,10-13,19,22-24,26,30-31H,2-4,8-9,14-18,20H2,1H3. The molecule has 4 atom stereocenters. The second-order valence-electron chi connectivity index (χ2n) is 10.9. The molecule has 4 unspecified atom stereocenters. The van der Waals surface area contributed by atoms with Gasteiger partial charge in [0.25, 0.3) is 0 Å². The van der Waals surface area contributed by atoms with Crippen molar-refractivity contribution in [3.05, 3.63) is 59.7 Å². The number of carbonyl (C=O) groups is 1. The first kappa shape index (κ1) is 22.5. The van der Waals surface area contributed by atoms with Crippen molar-refractivity contribution < 1.29 is 9.53 Å². The lowest BCUT2D eigenvalue weighted by molar-refractivity contribution is -0.115. The number of ether oxygens (including phenoxy) is 1. The zero-order valence-corrected chi connectivity index (χ0v) is 20.1. The van der Waals surface area contributed by atoms with Gasteiger partial charge in [-0.25, -0.2) is 0 Å². The van der Waals surface area contributed by atoms with Gasteiger partial charge in [0.05, 0.1) is 6.54 Å². The lowest BCUT2D eigenvalue weighted by Gasteiger charge is -2.28. The molecular formula is C30H39NO2. The summed E-state index contributed by atoms with van der Waals surface area (Å²) < 4.78 is 6.69. The highest BCUT2D eigenvalue weighted by molar-refractivity contribution is 5.80. The van der Waals surface area contributed by atoms with Crippen molar-refractivity contribution in [1.82, 2.24) is 0 Å². The van der Waals surface area contributed by atoms with E-state index in [4.69, 9.17) is 4.74 Å². The van der Waals surface area contributed by atoms with Crippen LogP contribution >= 0.6 is 0 Å². The van der Waals surface area contributed by atoms with Crippen LogP contribution in [0.1, 0.15) is 81.9 Å². The predicted octanol–water partition coefficient (Wildman–Crippen LogP) is 7.37. The summed E-state index contributed by atoms with van der Waals surface area (Å²) in [6.45, 7) is 1.96. The normalized spacial score (nSPS) is 27.3. The maximum atomic E-state index is 11.4. The van der Waals surface area contributed by atoms with Crippen LogP contribution in [-0.2, 0) is 11.2 Å². The summed E-state index contributed by atoms with van der Waals surface area (Å²) in [6, 6.07) is 17.0. The van der Waals surface area contributed by atoms with Gasteiger partial charge < -0.3 is 10.1 Å². The summed E-state index contributed by atoms with van der Waals surface area (Å²) in [5.74, 6) is 4.40. The van der Waals surface area contributed by atoms with Gasteiger partial charge in [-0.2, -0.15) is 0 Å². The summed E-state index contributed by atoms with van der Waals surface area (Å²) >= 11 is 0. The molecule has 0 saturated heterocycles. The van der Waals surface area contributed by atoms with E-state index >= 15 is 0 Å². The quantitative estimate of drug-likeness (QED) is 0.461. The van der Waals surface area contributed by atoms with Crippen LogP contribution in [0.3, 0.4) is 0 Å². The zero-order valence-electron chi connectivity index (χ0n) is 20.1. The number of nitrogens with one attached hydrogen (secondary N) is 1. The Kier molecular flexibility index (Phi) is 7.04. The fourth-order valence-electron chi connectivity index (χ4n) is 6.85. The molecule has 0 spiro atoms. The van der Waals surface area contributed by atoms with E-state index in [9.17, 15) is 4.79 Å². The SMILES string of the molecule is CC(=O)CNc1cccc(OC2c3ccccc3CC2CC2CCC(C3CCCCC3)C2)c1. The van der Waals surface area contributed by atoms with E-state index in [0.29, 0.717) is 12.5 Å². The topological polar surface area (TPSA) is 38.3 Å². The molecule has 3 nitrogen and oxygen atoms in total. The predicted molar refractivity (Wildman–Crippen MR) is 135 cm³/mol. The molecule has 0 aliphatic heterocycles. The van der Waals surface area contributed by atoms with E-state index in [1.807, 2.05) is 24.3 Å². The Morgan fingerprint density at radius 3 is 2.67 bits per heavy atom. The molecule has 33 heavy (non-hydrogen) atoms. The first-order valence-corrected chi connectivity index (χ1v) is 13.2. The number of fused-ring (bicyclic) bond motifs is 1. The van der Waals surface area contributed by atoms with Crippen LogP contribution in [-0.4, -0.2) is 12.3 Å². The number of benzene rings is 2. The number of anilines is 1. The van der Waals surface area contributed by atoms with Crippen LogP contribution in [0.5, 0.6) is 5.75 Å². The summed E-state index contributed by atoms with van der Waals surface area (Å²) in [5.41, 5.74) is 3.77. The highest BCUT2D eigenvalue weighted by Crippen LogP contribution is 2.48. The molecule has 0 bridgehead atoms. The molecule has 0 amide bonds. The van der Waals surface area contributed by atoms with Crippen molar-refractivity contribution >= 4 is 11.5 Å². The molecule has 3 aliphatic rings. The van der Waals surface area contributed by atoms with Gasteiger partial charge in [0, 0.05) is 17.7 Å². The highest BCUT2D eigenvalue weighted by Gasteiger charge is 2.38. The van der Waals surface area contributed by atoms with Crippen LogP contribution in [0.15, 0.2) is 48.5 Å². The van der Waals surface area contributed by atoms with Crippen molar-refractivity contribution in [1.29, 1.82) is 0 Å². The maximum Gasteiger partial charge on any atom is 0.148 e. The van der Waals surface area contributed by atoms with E-state index in [0.717, 1.165) is 35.6 Å². The van der Waals surface area contributed by atoms with Crippen molar-refractivity contribution in [3.8, 4) is 5.75 Å². The molecule has 0 radical (unpaired) electrons. The van der Waals surface area contributed by atoms with E-state index in [1.54, 1.807) is 6.92 Å². The van der Waals surface area contributed by atoms with E-state index in [-0.39, 0.29) is 11.9 Å². The molecule has 5 rings (SSSR count). The number of hydrogen-bond acceptors (Lipinski definition) is 3. The number of rotatable bonds is 8. The number of ketones is 1. The Morgan fingerprint density at radius 1 is 0.970 bits per heavy atom. The molecule has 2 aromatic rings. The third kappa shape index (κ3) is 5.45. The molecule has 0 heterocycles. The molecule has 0 aromatic heterocycles. The molecule has 176 valence electrons. The second-order valence-corrected chi connectivity index (χ2v) is 10.9. The smallest absolute Gasteiger partial charge is 0.148 e. The van der Waals surface area contributed by atoms with Gasteiger partial charge in [-0.05, 0) is 73.6 Å². The van der Waals surface area contributed by atoms with Gasteiger partial charge >= 0.3 is 0 Å². The second kappa shape index (κ2) is 10.3. The molecule has 3 heteroatoms. The van der Waals surface area contributed by atoms with Gasteiger partial charge in [0.15, 0.2) is 0 Å². The van der Waals surface area contributed by atoms with Gasteiger partial charge in [-0.3, -0.25) is 4.79 Å². The van der Waals surface area contributed by atoms with Gasteiger partial charge in [-0.1, -0.05) is 68.9 Å². The van der Waals surface area contributed by atoms with Gasteiger partial charge in [-0.15, -0.1) is 0 Å². The van der Waals surface area contributed by atoms with E-state index in [1.165, 1.54) is 68.9 Å². The monoisotopic (exact) mass is 445 g/mol. The fraction of sp³-hybridized carbons (Fsp3) is 0.567. The summed E-state index contributed by atoms with van der Waals surface area (Å²) in [4.78, 5) is 11.4. The zero-order chi connectivity index (χ0) is 22.6. The van der Waals surface area contributed by atoms with Crippen molar-refractivity contribution in [2.24, 2.45) is 23.7 Å². The number of Topliss-reactive ketones (excluding diaryl/α,β-unsaturated/α-hetero) is 1. The average Bonchev–Trinajstić information content (AvgIpc) is 3.44. The Morgan fingerprint density at radius 2 is 1.82 bits per heavy atom. The summed E-state index contributed by atoms with van der Waals surface area (Å²) in [6.07, 6.45) is 14.2. The van der Waals surface area contributed by atoms with E-state index in [2.05, 4.69) is 29.6 Å². The molecule has 2 saturated carbocycles. The lowest BCUT2D eigenvalue weighted by Crippen LogP contribution is -2.19. The molecule has 2 fully saturated rings. The van der Waals surface area contributed by atoms with Crippen LogP contribution < -0.4 is 10.1 Å². The number of carbonyl (C=O) groups excluding carboxylic acids is 1. The highest BCUT2D eigenvalue weighted by atomic mass is 16.5. The van der Waals surface area contributed by atoms with Gasteiger partial charge in [0.2, 0.25) is 0 Å². The molecule has 2 aromatic carbocycles. The lowest BCUT2D eigenvalue weighted by atomic mass is 9.78. The molecular weight excluding hydrogens is 406 g/mol. The fourth-order valence-corrected chi connectivity index (χ4v) is 6.85. The Balaban J connectivity index is 1.27. The van der Waals surface area contributed by atoms with Crippen molar-refractivity contribution in [3.63, 3.8) is 0 Å². The Bertz CT molecular complexity index is 948. The van der Waals surface area contributed by atoms with E-state index < -0.39 is 0 Å². The minimum Gasteiger partial charge on any atom is -0.485 e.